The monoisotopic (exact) mass is 198 g/mol. The van der Waals surface area contributed by atoms with E-state index in [1.165, 1.54) is 32.4 Å². The van der Waals surface area contributed by atoms with Crippen LogP contribution < -0.4 is 5.32 Å². The van der Waals surface area contributed by atoms with Crippen LogP contribution in [0.3, 0.4) is 0 Å². The third kappa shape index (κ3) is 2.96. The molecule has 0 saturated carbocycles. The molecule has 1 saturated heterocycles. The van der Waals surface area contributed by atoms with E-state index < -0.39 is 0 Å². The standard InChI is InChI=1S/C12H26N2/c1-5-12(3,4)14-9-7-8-11(10-14)13-6-2/h11,13H,5-10H2,1-4H3. The van der Waals surface area contributed by atoms with Crippen LogP contribution in [0.1, 0.15) is 47.0 Å². The van der Waals surface area contributed by atoms with Gasteiger partial charge in [0.25, 0.3) is 0 Å². The molecule has 0 aliphatic carbocycles. The van der Waals surface area contributed by atoms with Gasteiger partial charge in [0.05, 0.1) is 0 Å². The maximum absolute atomic E-state index is 3.57. The lowest BCUT2D eigenvalue weighted by Gasteiger charge is -2.43. The fourth-order valence-electron chi connectivity index (χ4n) is 2.21. The zero-order valence-corrected chi connectivity index (χ0v) is 10.3. The topological polar surface area (TPSA) is 15.3 Å². The number of hydrogen-bond donors (Lipinski definition) is 1. The summed E-state index contributed by atoms with van der Waals surface area (Å²) >= 11 is 0. The molecular formula is C12H26N2. The lowest BCUT2D eigenvalue weighted by molar-refractivity contribution is 0.0751. The molecule has 0 aromatic carbocycles. The van der Waals surface area contributed by atoms with Gasteiger partial charge in [-0.2, -0.15) is 0 Å². The number of piperidine rings is 1. The van der Waals surface area contributed by atoms with Crippen molar-refractivity contribution in [2.45, 2.75) is 58.5 Å². The van der Waals surface area contributed by atoms with E-state index in [-0.39, 0.29) is 0 Å². The summed E-state index contributed by atoms with van der Waals surface area (Å²) in [5.41, 5.74) is 0.383. The van der Waals surface area contributed by atoms with Crippen LogP contribution in [0.4, 0.5) is 0 Å². The molecule has 1 N–H and O–H groups in total. The Morgan fingerprint density at radius 1 is 1.36 bits per heavy atom. The summed E-state index contributed by atoms with van der Waals surface area (Å²) in [6.45, 7) is 12.8. The SMILES string of the molecule is CCNC1CCCN(C(C)(C)CC)C1. The lowest BCUT2D eigenvalue weighted by atomic mass is 9.94. The molecule has 1 unspecified atom stereocenters. The summed E-state index contributed by atoms with van der Waals surface area (Å²) in [4.78, 5) is 2.64. The zero-order valence-electron chi connectivity index (χ0n) is 10.3. The molecule has 0 aromatic heterocycles. The number of hydrogen-bond acceptors (Lipinski definition) is 2. The minimum Gasteiger partial charge on any atom is -0.313 e. The average molecular weight is 198 g/mol. The fraction of sp³-hybridized carbons (Fsp3) is 1.00. The Labute approximate surface area is 89.1 Å². The summed E-state index contributed by atoms with van der Waals surface area (Å²) in [7, 11) is 0. The predicted molar refractivity (Wildman–Crippen MR) is 62.6 cm³/mol. The molecule has 1 fully saturated rings. The number of likely N-dealkylation sites (tertiary alicyclic amines) is 1. The minimum absolute atomic E-state index is 0.383. The van der Waals surface area contributed by atoms with Crippen LogP contribution in [-0.2, 0) is 0 Å². The van der Waals surface area contributed by atoms with Crippen molar-refractivity contribution in [3.8, 4) is 0 Å². The van der Waals surface area contributed by atoms with E-state index in [0.29, 0.717) is 5.54 Å². The minimum atomic E-state index is 0.383. The van der Waals surface area contributed by atoms with E-state index in [4.69, 9.17) is 0 Å². The van der Waals surface area contributed by atoms with Gasteiger partial charge in [-0.25, -0.2) is 0 Å². The Kier molecular flexibility index (Phi) is 4.39. The van der Waals surface area contributed by atoms with Crippen molar-refractivity contribution in [1.29, 1.82) is 0 Å². The summed E-state index contributed by atoms with van der Waals surface area (Å²) in [6.07, 6.45) is 3.94. The van der Waals surface area contributed by atoms with Gasteiger partial charge in [-0.05, 0) is 46.2 Å². The van der Waals surface area contributed by atoms with E-state index >= 15 is 0 Å². The van der Waals surface area contributed by atoms with Gasteiger partial charge < -0.3 is 5.32 Å². The molecule has 0 bridgehead atoms. The number of rotatable bonds is 4. The predicted octanol–water partition coefficient (Wildman–Crippen LogP) is 2.25. The first-order valence-corrected chi connectivity index (χ1v) is 6.08. The van der Waals surface area contributed by atoms with Crippen molar-refractivity contribution in [3.63, 3.8) is 0 Å². The molecule has 0 aromatic rings. The van der Waals surface area contributed by atoms with Gasteiger partial charge >= 0.3 is 0 Å². The second kappa shape index (κ2) is 5.13. The number of nitrogens with zero attached hydrogens (tertiary/aromatic N) is 1. The maximum atomic E-state index is 3.57. The maximum Gasteiger partial charge on any atom is 0.0195 e. The molecule has 0 spiro atoms. The van der Waals surface area contributed by atoms with Crippen molar-refractivity contribution < 1.29 is 0 Å². The molecule has 2 heteroatoms. The third-order valence-corrected chi connectivity index (χ3v) is 3.64. The normalized spacial score (nSPS) is 25.3. The Morgan fingerprint density at radius 3 is 2.64 bits per heavy atom. The van der Waals surface area contributed by atoms with Crippen LogP contribution in [0.15, 0.2) is 0 Å². The van der Waals surface area contributed by atoms with Gasteiger partial charge in [0, 0.05) is 18.1 Å². The van der Waals surface area contributed by atoms with E-state index in [1.54, 1.807) is 0 Å². The highest BCUT2D eigenvalue weighted by molar-refractivity contribution is 4.87. The number of nitrogens with one attached hydrogen (secondary N) is 1. The van der Waals surface area contributed by atoms with Crippen LogP contribution in [0.2, 0.25) is 0 Å². The van der Waals surface area contributed by atoms with E-state index in [2.05, 4.69) is 37.9 Å². The molecule has 1 atom stereocenters. The summed E-state index contributed by atoms with van der Waals surface area (Å²) in [5.74, 6) is 0. The largest absolute Gasteiger partial charge is 0.313 e. The Hall–Kier alpha value is -0.0800. The van der Waals surface area contributed by atoms with Crippen LogP contribution in [0, 0.1) is 0 Å². The van der Waals surface area contributed by atoms with Gasteiger partial charge in [0.1, 0.15) is 0 Å². The highest BCUT2D eigenvalue weighted by atomic mass is 15.2. The van der Waals surface area contributed by atoms with Crippen LogP contribution in [0.25, 0.3) is 0 Å². The summed E-state index contributed by atoms with van der Waals surface area (Å²) in [6, 6.07) is 0.722. The van der Waals surface area contributed by atoms with Crippen molar-refractivity contribution >= 4 is 0 Å². The molecule has 1 heterocycles. The van der Waals surface area contributed by atoms with Crippen molar-refractivity contribution in [2.24, 2.45) is 0 Å². The third-order valence-electron chi connectivity index (χ3n) is 3.64. The summed E-state index contributed by atoms with van der Waals surface area (Å²) in [5, 5.41) is 3.57. The second-order valence-corrected chi connectivity index (χ2v) is 5.01. The Balaban J connectivity index is 2.47. The molecule has 14 heavy (non-hydrogen) atoms. The smallest absolute Gasteiger partial charge is 0.0195 e. The van der Waals surface area contributed by atoms with Gasteiger partial charge in [-0.15, -0.1) is 0 Å². The van der Waals surface area contributed by atoms with Gasteiger partial charge in [0.15, 0.2) is 0 Å². The molecule has 84 valence electrons. The highest BCUT2D eigenvalue weighted by Gasteiger charge is 2.29. The fourth-order valence-corrected chi connectivity index (χ4v) is 2.21. The van der Waals surface area contributed by atoms with Crippen molar-refractivity contribution in [1.82, 2.24) is 10.2 Å². The van der Waals surface area contributed by atoms with E-state index in [9.17, 15) is 0 Å². The molecule has 1 aliphatic heterocycles. The van der Waals surface area contributed by atoms with Gasteiger partial charge in [-0.3, -0.25) is 4.90 Å². The van der Waals surface area contributed by atoms with Crippen molar-refractivity contribution in [3.05, 3.63) is 0 Å². The van der Waals surface area contributed by atoms with Crippen LogP contribution in [0.5, 0.6) is 0 Å². The first-order chi connectivity index (χ1) is 6.60. The van der Waals surface area contributed by atoms with Gasteiger partial charge in [0.2, 0.25) is 0 Å². The number of likely N-dealkylation sites (N-methyl/N-ethyl adjacent to an activating group) is 1. The first kappa shape index (κ1) is 12.0. The van der Waals surface area contributed by atoms with Crippen molar-refractivity contribution in [2.75, 3.05) is 19.6 Å². The average Bonchev–Trinajstić information content (AvgIpc) is 2.19. The van der Waals surface area contributed by atoms with Crippen LogP contribution >= 0.6 is 0 Å². The molecule has 2 nitrogen and oxygen atoms in total. The Bertz CT molecular complexity index is 164. The van der Waals surface area contributed by atoms with Gasteiger partial charge in [-0.1, -0.05) is 13.8 Å². The Morgan fingerprint density at radius 2 is 2.07 bits per heavy atom. The first-order valence-electron chi connectivity index (χ1n) is 6.08. The molecular weight excluding hydrogens is 172 g/mol. The molecule has 1 rings (SSSR count). The second-order valence-electron chi connectivity index (χ2n) is 5.01. The van der Waals surface area contributed by atoms with E-state index in [1.807, 2.05) is 0 Å². The van der Waals surface area contributed by atoms with Crippen LogP contribution in [-0.4, -0.2) is 36.1 Å². The molecule has 0 amide bonds. The quantitative estimate of drug-likeness (QED) is 0.745. The summed E-state index contributed by atoms with van der Waals surface area (Å²) < 4.78 is 0. The highest BCUT2D eigenvalue weighted by Crippen LogP contribution is 2.23. The molecule has 0 radical (unpaired) electrons. The molecule has 1 aliphatic rings. The lowest BCUT2D eigenvalue weighted by Crippen LogP contribution is -2.53. The zero-order chi connectivity index (χ0) is 10.6. The van der Waals surface area contributed by atoms with E-state index in [0.717, 1.165) is 12.6 Å².